The van der Waals surface area contributed by atoms with E-state index in [2.05, 4.69) is 9.97 Å². The van der Waals surface area contributed by atoms with Crippen molar-refractivity contribution in [3.8, 4) is 0 Å². The molecule has 8 heteroatoms. The van der Waals surface area contributed by atoms with Crippen LogP contribution in [0.25, 0.3) is 10.9 Å². The number of fused-ring (bicyclic) bond motifs is 1. The monoisotopic (exact) mass is 335 g/mol. The van der Waals surface area contributed by atoms with Crippen molar-refractivity contribution in [2.75, 3.05) is 18.0 Å². The van der Waals surface area contributed by atoms with E-state index in [1.165, 1.54) is 6.20 Å². The predicted octanol–water partition coefficient (Wildman–Crippen LogP) is 1.00. The molecule has 0 amide bonds. The molecule has 122 valence electrons. The van der Waals surface area contributed by atoms with Crippen molar-refractivity contribution in [2.45, 2.75) is 37.8 Å². The summed E-state index contributed by atoms with van der Waals surface area (Å²) in [5.41, 5.74) is 5.61. The topological polar surface area (TPSA) is 97.0 Å². The Morgan fingerprint density at radius 2 is 2.09 bits per heavy atom. The third-order valence-corrected chi connectivity index (χ3v) is 5.21. The second-order valence-corrected chi connectivity index (χ2v) is 6.74. The fourth-order valence-electron chi connectivity index (χ4n) is 3.39. The number of halogens is 1. The summed E-state index contributed by atoms with van der Waals surface area (Å²) < 4.78 is 1.63. The molecule has 1 unspecified atom stereocenters. The second-order valence-electron chi connectivity index (χ2n) is 6.37. The zero-order chi connectivity index (χ0) is 16.1. The number of hydrogen-bond acceptors (Lipinski definition) is 5. The Labute approximate surface area is 137 Å². The van der Waals surface area contributed by atoms with Crippen LogP contribution in [0.15, 0.2) is 15.8 Å². The number of pyridine rings is 1. The molecule has 1 aliphatic carbocycles. The lowest BCUT2D eigenvalue weighted by atomic mass is 9.92. The molecule has 23 heavy (non-hydrogen) atoms. The number of aromatic nitrogens is 3. The van der Waals surface area contributed by atoms with Crippen LogP contribution in [0, 0.1) is 0 Å². The molecule has 0 spiro atoms. The molecule has 0 aromatic carbocycles. The van der Waals surface area contributed by atoms with E-state index in [-0.39, 0.29) is 12.1 Å². The fraction of sp³-hybridized carbons (Fsp3) is 0.533. The van der Waals surface area contributed by atoms with Gasteiger partial charge in [-0.05, 0) is 25.7 Å². The number of hydrogen-bond donors (Lipinski definition) is 2. The van der Waals surface area contributed by atoms with Crippen LogP contribution in [0.2, 0.25) is 5.02 Å². The number of anilines is 1. The largest absolute Gasteiger partial charge is 0.354 e. The molecule has 3 heterocycles. The van der Waals surface area contributed by atoms with Crippen molar-refractivity contribution in [1.29, 1.82) is 0 Å². The number of rotatable bonds is 2. The Balaban J connectivity index is 1.97. The molecule has 1 saturated heterocycles. The average molecular weight is 336 g/mol. The Morgan fingerprint density at radius 3 is 2.70 bits per heavy atom. The van der Waals surface area contributed by atoms with E-state index in [1.807, 2.05) is 4.90 Å². The minimum atomic E-state index is -0.445. The number of nitrogens with one attached hydrogen (secondary N) is 1. The average Bonchev–Trinajstić information content (AvgIpc) is 2.88. The molecule has 2 aromatic heterocycles. The third-order valence-electron chi connectivity index (χ3n) is 4.86. The van der Waals surface area contributed by atoms with Crippen LogP contribution in [-0.4, -0.2) is 33.7 Å². The van der Waals surface area contributed by atoms with E-state index in [0.29, 0.717) is 28.3 Å². The lowest BCUT2D eigenvalue weighted by molar-refractivity contribution is 0.311. The highest BCUT2D eigenvalue weighted by molar-refractivity contribution is 6.37. The van der Waals surface area contributed by atoms with Gasteiger partial charge >= 0.3 is 5.69 Å². The van der Waals surface area contributed by atoms with Crippen molar-refractivity contribution >= 4 is 28.3 Å². The molecule has 2 aromatic rings. The van der Waals surface area contributed by atoms with E-state index in [9.17, 15) is 9.59 Å². The highest BCUT2D eigenvalue weighted by Gasteiger charge is 2.28. The van der Waals surface area contributed by atoms with Crippen LogP contribution in [0.3, 0.4) is 0 Å². The molecular weight excluding hydrogens is 318 g/mol. The normalized spacial score (nSPS) is 21.8. The van der Waals surface area contributed by atoms with E-state index >= 15 is 0 Å². The molecule has 2 aliphatic rings. The fourth-order valence-corrected chi connectivity index (χ4v) is 3.75. The summed E-state index contributed by atoms with van der Waals surface area (Å²) in [6.45, 7) is 1.45. The molecule has 1 saturated carbocycles. The number of aromatic amines is 1. The van der Waals surface area contributed by atoms with Gasteiger partial charge in [0.15, 0.2) is 0 Å². The maximum atomic E-state index is 12.3. The zero-order valence-corrected chi connectivity index (χ0v) is 13.3. The van der Waals surface area contributed by atoms with Crippen molar-refractivity contribution < 1.29 is 0 Å². The Kier molecular flexibility index (Phi) is 3.42. The smallest absolute Gasteiger partial charge is 0.329 e. The van der Waals surface area contributed by atoms with Gasteiger partial charge in [-0.1, -0.05) is 11.6 Å². The maximum absolute atomic E-state index is 12.3. The SMILES string of the molecule is NC1CCN(c2ncc3c(=O)[nH]c(=O)n(C4CCC4)c3c2Cl)C1. The summed E-state index contributed by atoms with van der Waals surface area (Å²) in [4.78, 5) is 33.2. The summed E-state index contributed by atoms with van der Waals surface area (Å²) >= 11 is 6.59. The predicted molar refractivity (Wildman–Crippen MR) is 89.3 cm³/mol. The summed E-state index contributed by atoms with van der Waals surface area (Å²) in [7, 11) is 0. The van der Waals surface area contributed by atoms with Crippen LogP contribution < -0.4 is 21.9 Å². The molecule has 7 nitrogen and oxygen atoms in total. The maximum Gasteiger partial charge on any atom is 0.329 e. The molecule has 0 bridgehead atoms. The molecule has 4 rings (SSSR count). The molecule has 1 aliphatic heterocycles. The molecule has 2 fully saturated rings. The van der Waals surface area contributed by atoms with Crippen molar-refractivity contribution in [1.82, 2.24) is 14.5 Å². The zero-order valence-electron chi connectivity index (χ0n) is 12.6. The van der Waals surface area contributed by atoms with Crippen LogP contribution in [0.4, 0.5) is 5.82 Å². The lowest BCUT2D eigenvalue weighted by Gasteiger charge is -2.29. The summed E-state index contributed by atoms with van der Waals surface area (Å²) in [5.74, 6) is 0.602. The van der Waals surface area contributed by atoms with Crippen LogP contribution in [-0.2, 0) is 0 Å². The number of nitrogens with zero attached hydrogens (tertiary/aromatic N) is 3. The first-order valence-corrected chi connectivity index (χ1v) is 8.27. The van der Waals surface area contributed by atoms with E-state index in [0.717, 1.165) is 32.2 Å². The lowest BCUT2D eigenvalue weighted by Crippen LogP contribution is -2.36. The molecule has 3 N–H and O–H groups in total. The summed E-state index contributed by atoms with van der Waals surface area (Å²) in [5, 5.41) is 0.723. The van der Waals surface area contributed by atoms with Crippen LogP contribution in [0.1, 0.15) is 31.7 Å². The molecular formula is C15H18ClN5O2. The van der Waals surface area contributed by atoms with Crippen molar-refractivity contribution in [2.24, 2.45) is 5.73 Å². The van der Waals surface area contributed by atoms with Gasteiger partial charge in [0.25, 0.3) is 5.56 Å². The van der Waals surface area contributed by atoms with Crippen molar-refractivity contribution in [3.05, 3.63) is 32.1 Å². The van der Waals surface area contributed by atoms with Gasteiger partial charge in [-0.2, -0.15) is 0 Å². The Hall–Kier alpha value is -1.86. The summed E-state index contributed by atoms with van der Waals surface area (Å²) in [6, 6.07) is 0.187. The first-order valence-electron chi connectivity index (χ1n) is 7.90. The third kappa shape index (κ3) is 2.26. The first kappa shape index (κ1) is 14.7. The van der Waals surface area contributed by atoms with Gasteiger partial charge in [-0.15, -0.1) is 0 Å². The van der Waals surface area contributed by atoms with Crippen molar-refractivity contribution in [3.63, 3.8) is 0 Å². The van der Waals surface area contributed by atoms with Gasteiger partial charge in [0.1, 0.15) is 10.8 Å². The highest BCUT2D eigenvalue weighted by atomic mass is 35.5. The summed E-state index contributed by atoms with van der Waals surface area (Å²) in [6.07, 6.45) is 5.30. The Bertz CT molecular complexity index is 886. The van der Waals surface area contributed by atoms with E-state index in [4.69, 9.17) is 17.3 Å². The minimum absolute atomic E-state index is 0.0930. The number of H-pyrrole nitrogens is 1. The van der Waals surface area contributed by atoms with Crippen LogP contribution >= 0.6 is 11.6 Å². The van der Waals surface area contributed by atoms with Gasteiger partial charge in [0.05, 0.1) is 10.9 Å². The molecule has 1 atom stereocenters. The first-order chi connectivity index (χ1) is 11.1. The van der Waals surface area contributed by atoms with E-state index in [1.54, 1.807) is 4.57 Å². The highest BCUT2D eigenvalue weighted by Crippen LogP contribution is 2.36. The quantitative estimate of drug-likeness (QED) is 0.853. The number of nitrogens with two attached hydrogens (primary N) is 1. The van der Waals surface area contributed by atoms with E-state index < -0.39 is 11.2 Å². The standard InChI is InChI=1S/C15H18ClN5O2/c16-11-12-10(6-18-13(11)20-5-4-8(17)7-20)14(22)19-15(23)21(12)9-2-1-3-9/h6,8-9H,1-5,7,17H2,(H,19,22,23). The second kappa shape index (κ2) is 5.35. The van der Waals surface area contributed by atoms with Crippen LogP contribution in [0.5, 0.6) is 0 Å². The van der Waals surface area contributed by atoms with Gasteiger partial charge in [0, 0.05) is 31.4 Å². The van der Waals surface area contributed by atoms with Gasteiger partial charge in [-0.3, -0.25) is 14.3 Å². The minimum Gasteiger partial charge on any atom is -0.354 e. The van der Waals surface area contributed by atoms with Gasteiger partial charge in [-0.25, -0.2) is 9.78 Å². The van der Waals surface area contributed by atoms with Gasteiger partial charge in [0.2, 0.25) is 0 Å². The Morgan fingerprint density at radius 1 is 1.30 bits per heavy atom. The van der Waals surface area contributed by atoms with Gasteiger partial charge < -0.3 is 10.6 Å². The molecule has 0 radical (unpaired) electrons.